The second-order valence-electron chi connectivity index (χ2n) is 12.9. The Balaban J connectivity index is 2.58. The van der Waals surface area contributed by atoms with Gasteiger partial charge in [0.25, 0.3) is 0 Å². The molecule has 1 aromatic rings. The molecule has 7 nitrogen and oxygen atoms in total. The Bertz CT molecular complexity index is 1240. The lowest BCUT2D eigenvalue weighted by molar-refractivity contribution is -0.153. The van der Waals surface area contributed by atoms with Crippen LogP contribution in [0.2, 0.25) is 18.1 Å². The SMILES string of the molecule is CC[C@H]1/C=C(\C)[C@@H](O)C/C=C/C=C(\COCOC)C(=O)O[C@H]([C@@H](C)OCc2ccccc2)C/C=C(C)/C=C(\C)[C@@H]1O[Si](CC)(CC)CC. The van der Waals surface area contributed by atoms with Crippen molar-refractivity contribution in [1.82, 2.24) is 0 Å². The Morgan fingerprint density at radius 1 is 0.979 bits per heavy atom. The van der Waals surface area contributed by atoms with Crippen LogP contribution in [0.15, 0.2) is 89.1 Å². The number of esters is 1. The van der Waals surface area contributed by atoms with Crippen LogP contribution in [0.3, 0.4) is 0 Å². The Labute approximate surface area is 291 Å². The second-order valence-corrected chi connectivity index (χ2v) is 17.6. The first-order valence-corrected chi connectivity index (χ1v) is 20.2. The molecule has 0 aromatic heterocycles. The number of aliphatic hydroxyl groups excluding tert-OH is 1. The van der Waals surface area contributed by atoms with Crippen LogP contribution in [0.5, 0.6) is 0 Å². The maximum atomic E-state index is 13.6. The number of benzene rings is 1. The summed E-state index contributed by atoms with van der Waals surface area (Å²) in [6.45, 7) is 17.6. The fraction of sp³-hybridized carbons (Fsp3) is 0.575. The van der Waals surface area contributed by atoms with Gasteiger partial charge in [-0.15, -0.1) is 0 Å². The Morgan fingerprint density at radius 3 is 2.29 bits per heavy atom. The largest absolute Gasteiger partial charge is 0.456 e. The molecule has 1 N–H and O–H groups in total. The van der Waals surface area contributed by atoms with Gasteiger partial charge in [-0.1, -0.05) is 94.0 Å². The third-order valence-corrected chi connectivity index (χ3v) is 14.0. The molecule has 0 spiro atoms. The number of rotatable bonds is 14. The highest BCUT2D eigenvalue weighted by Gasteiger charge is 2.35. The smallest absolute Gasteiger partial charge is 0.336 e. The van der Waals surface area contributed by atoms with E-state index < -0.39 is 26.5 Å². The molecule has 268 valence electrons. The molecule has 0 fully saturated rings. The number of cyclic esters (lactones) is 1. The van der Waals surface area contributed by atoms with Crippen molar-refractivity contribution < 1.29 is 33.3 Å². The highest BCUT2D eigenvalue weighted by atomic mass is 28.4. The molecule has 1 aromatic carbocycles. The summed E-state index contributed by atoms with van der Waals surface area (Å²) < 4.78 is 30.2. The van der Waals surface area contributed by atoms with Gasteiger partial charge >= 0.3 is 5.97 Å². The van der Waals surface area contributed by atoms with Crippen LogP contribution in [0.1, 0.15) is 80.2 Å². The predicted molar refractivity (Wildman–Crippen MR) is 198 cm³/mol. The standard InChI is InChI=1S/C40H62O7Si/c1-10-35-26-31(6)37(41)22-18-17-21-36(28-44-29-43-9)40(42)46-38(33(8)45-27-34-19-15-14-16-20-34)24-23-30(5)25-32(7)39(35)47-48(11-2,12-3)13-4/h14-21,23,25-26,33,35,37-39,41H,10-13,22,24,27-29H2,1-9H3/b18-17+,30-23+,31-26+,32-25+,36-21+/t33-,35+,37+,38+,39+/m1/s1. The maximum absolute atomic E-state index is 13.6. The topological polar surface area (TPSA) is 83.5 Å². The highest BCUT2D eigenvalue weighted by Crippen LogP contribution is 2.32. The minimum atomic E-state index is -1.95. The van der Waals surface area contributed by atoms with Crippen LogP contribution >= 0.6 is 0 Å². The van der Waals surface area contributed by atoms with Gasteiger partial charge in [0.2, 0.25) is 0 Å². The molecule has 48 heavy (non-hydrogen) atoms. The van der Waals surface area contributed by atoms with Crippen molar-refractivity contribution in [3.05, 3.63) is 94.6 Å². The van der Waals surface area contributed by atoms with Crippen LogP contribution in [0.25, 0.3) is 0 Å². The molecule has 0 amide bonds. The summed E-state index contributed by atoms with van der Waals surface area (Å²) in [5, 5.41) is 11.1. The summed E-state index contributed by atoms with van der Waals surface area (Å²) in [5.41, 5.74) is 4.54. The molecular formula is C40H62O7Si. The normalized spacial score (nSPS) is 27.8. The number of carbonyl (C=O) groups excluding carboxylic acids is 1. The Kier molecular flexibility index (Phi) is 19.2. The Morgan fingerprint density at radius 2 is 1.67 bits per heavy atom. The van der Waals surface area contributed by atoms with E-state index in [-0.39, 0.29) is 31.5 Å². The van der Waals surface area contributed by atoms with Crippen LogP contribution < -0.4 is 0 Å². The fourth-order valence-electron chi connectivity index (χ4n) is 5.90. The van der Waals surface area contributed by atoms with Crippen LogP contribution in [0, 0.1) is 5.92 Å². The van der Waals surface area contributed by atoms with E-state index in [9.17, 15) is 9.90 Å². The van der Waals surface area contributed by atoms with Gasteiger partial charge in [0.05, 0.1) is 37.1 Å². The lowest BCUT2D eigenvalue weighted by Gasteiger charge is -2.37. The molecule has 1 aliphatic rings. The summed E-state index contributed by atoms with van der Waals surface area (Å²) in [7, 11) is -0.417. The summed E-state index contributed by atoms with van der Waals surface area (Å²) in [5.74, 6) is -0.363. The average molecular weight is 683 g/mol. The van der Waals surface area contributed by atoms with E-state index in [1.54, 1.807) is 12.2 Å². The quantitative estimate of drug-likeness (QED) is 0.0689. The number of carbonyl (C=O) groups is 1. The van der Waals surface area contributed by atoms with Crippen LogP contribution in [-0.4, -0.2) is 64.3 Å². The first-order valence-electron chi connectivity index (χ1n) is 17.7. The molecule has 1 heterocycles. The molecule has 1 aliphatic heterocycles. The van der Waals surface area contributed by atoms with Gasteiger partial charge < -0.3 is 28.5 Å². The highest BCUT2D eigenvalue weighted by molar-refractivity contribution is 6.73. The molecule has 0 saturated carbocycles. The number of ether oxygens (including phenoxy) is 4. The maximum Gasteiger partial charge on any atom is 0.336 e. The van der Waals surface area contributed by atoms with Crippen molar-refractivity contribution >= 4 is 14.3 Å². The van der Waals surface area contributed by atoms with E-state index in [0.717, 1.165) is 46.8 Å². The van der Waals surface area contributed by atoms with E-state index >= 15 is 0 Å². The first-order chi connectivity index (χ1) is 23.0. The minimum Gasteiger partial charge on any atom is -0.456 e. The van der Waals surface area contributed by atoms with Gasteiger partial charge in [-0.3, -0.25) is 0 Å². The zero-order valence-electron chi connectivity index (χ0n) is 31.0. The number of hydrogen-bond acceptors (Lipinski definition) is 7. The molecule has 8 heteroatoms. The average Bonchev–Trinajstić information content (AvgIpc) is 3.09. The third kappa shape index (κ3) is 13.7. The predicted octanol–water partition coefficient (Wildman–Crippen LogP) is 9.02. The minimum absolute atomic E-state index is 0.0267. The van der Waals surface area contributed by atoms with Crippen molar-refractivity contribution in [3.8, 4) is 0 Å². The van der Waals surface area contributed by atoms with Crippen LogP contribution in [-0.2, 0) is 34.8 Å². The number of hydrogen-bond donors (Lipinski definition) is 1. The summed E-state index contributed by atoms with van der Waals surface area (Å²) in [6, 6.07) is 13.2. The lowest BCUT2D eigenvalue weighted by Crippen LogP contribution is -2.42. The molecule has 0 unspecified atom stereocenters. The molecule has 0 bridgehead atoms. The number of methoxy groups -OCH3 is 1. The van der Waals surface area contributed by atoms with Gasteiger partial charge in [-0.25, -0.2) is 4.79 Å². The van der Waals surface area contributed by atoms with E-state index in [2.05, 4.69) is 59.8 Å². The fourth-order valence-corrected chi connectivity index (χ4v) is 8.80. The number of aliphatic hydroxyl groups is 1. The summed E-state index contributed by atoms with van der Waals surface area (Å²) >= 11 is 0. The molecular weight excluding hydrogens is 621 g/mol. The molecule has 0 aliphatic carbocycles. The van der Waals surface area contributed by atoms with Crippen molar-refractivity contribution in [2.24, 2.45) is 5.92 Å². The molecule has 2 rings (SSSR count). The van der Waals surface area contributed by atoms with E-state index in [0.29, 0.717) is 25.0 Å². The first kappa shape index (κ1) is 41.6. The van der Waals surface area contributed by atoms with Crippen molar-refractivity contribution in [3.63, 3.8) is 0 Å². The van der Waals surface area contributed by atoms with Gasteiger partial charge in [0.15, 0.2) is 8.32 Å². The van der Waals surface area contributed by atoms with Crippen molar-refractivity contribution in [2.75, 3.05) is 20.5 Å². The van der Waals surface area contributed by atoms with Gasteiger partial charge in [-0.05, 0) is 81.5 Å². The van der Waals surface area contributed by atoms with E-state index in [1.807, 2.05) is 50.3 Å². The van der Waals surface area contributed by atoms with Crippen molar-refractivity contribution in [1.29, 1.82) is 0 Å². The van der Waals surface area contributed by atoms with Crippen molar-refractivity contribution in [2.45, 2.75) is 124 Å². The Hall–Kier alpha value is -2.59. The summed E-state index contributed by atoms with van der Waals surface area (Å²) in [6.07, 6.45) is 12.0. The molecule has 0 radical (unpaired) electrons. The van der Waals surface area contributed by atoms with E-state index in [4.69, 9.17) is 23.4 Å². The monoisotopic (exact) mass is 682 g/mol. The van der Waals surface area contributed by atoms with Gasteiger partial charge in [-0.2, -0.15) is 0 Å². The van der Waals surface area contributed by atoms with E-state index in [1.165, 1.54) is 7.11 Å². The third-order valence-electron chi connectivity index (χ3n) is 9.40. The van der Waals surface area contributed by atoms with Gasteiger partial charge in [0.1, 0.15) is 12.9 Å². The lowest BCUT2D eigenvalue weighted by atomic mass is 9.90. The zero-order valence-corrected chi connectivity index (χ0v) is 32.0. The van der Waals surface area contributed by atoms with Gasteiger partial charge in [0, 0.05) is 19.4 Å². The summed E-state index contributed by atoms with van der Waals surface area (Å²) in [4.78, 5) is 13.6. The number of allylic oxidation sites excluding steroid dienone is 4. The second kappa shape index (κ2) is 22.2. The molecule has 0 saturated heterocycles. The molecule has 5 atom stereocenters. The van der Waals surface area contributed by atoms with Crippen LogP contribution in [0.4, 0.5) is 0 Å². The zero-order chi connectivity index (χ0) is 35.5.